The topological polar surface area (TPSA) is 63.4 Å². The number of nitrogens with two attached hydrogens (primary N) is 1. The van der Waals surface area contributed by atoms with Gasteiger partial charge in [0.2, 0.25) is 5.91 Å². The van der Waals surface area contributed by atoms with Gasteiger partial charge in [0.15, 0.2) is 0 Å². The first kappa shape index (κ1) is 11.6. The Labute approximate surface area is 100 Å². The number of rotatable bonds is 1. The molecule has 4 nitrogen and oxygen atoms in total. The number of nitrogen functional groups attached to an aromatic ring is 1. The van der Waals surface area contributed by atoms with E-state index in [1.165, 1.54) is 4.90 Å². The van der Waals surface area contributed by atoms with Crippen molar-refractivity contribution >= 4 is 17.5 Å². The van der Waals surface area contributed by atoms with Gasteiger partial charge < -0.3 is 5.73 Å². The van der Waals surface area contributed by atoms with Crippen molar-refractivity contribution in [2.24, 2.45) is 0 Å². The Bertz CT molecular complexity index is 494. The number of imide groups is 1. The molecule has 17 heavy (non-hydrogen) atoms. The fourth-order valence-corrected chi connectivity index (χ4v) is 2.20. The number of carbonyl (C=O) groups is 2. The molecular weight excluding hydrogens is 216 g/mol. The maximum atomic E-state index is 12.2. The third-order valence-electron chi connectivity index (χ3n) is 3.12. The second-order valence-corrected chi connectivity index (χ2v) is 4.68. The highest BCUT2D eigenvalue weighted by Crippen LogP contribution is 2.31. The number of fused-ring (bicyclic) bond motifs is 1. The van der Waals surface area contributed by atoms with Crippen molar-refractivity contribution in [3.8, 4) is 0 Å². The van der Waals surface area contributed by atoms with Crippen molar-refractivity contribution in [1.82, 2.24) is 4.90 Å². The van der Waals surface area contributed by atoms with Crippen LogP contribution in [0.3, 0.4) is 0 Å². The number of hydrogen-bond acceptors (Lipinski definition) is 3. The molecular formula is C13H16N2O2. The SMILES string of the molecule is CC1C(=O)N(C(C)C)C(=O)c2cc(N)ccc21. The highest BCUT2D eigenvalue weighted by atomic mass is 16.2. The van der Waals surface area contributed by atoms with Gasteiger partial charge in [-0.1, -0.05) is 6.07 Å². The lowest BCUT2D eigenvalue weighted by molar-refractivity contribution is -0.131. The number of amides is 2. The third kappa shape index (κ3) is 1.69. The summed E-state index contributed by atoms with van der Waals surface area (Å²) in [6, 6.07) is 5.01. The molecule has 2 rings (SSSR count). The van der Waals surface area contributed by atoms with E-state index in [0.717, 1.165) is 5.56 Å². The standard InChI is InChI=1S/C13H16N2O2/c1-7(2)15-12(16)8(3)10-5-4-9(14)6-11(10)13(15)17/h4-8H,14H2,1-3H3. The average Bonchev–Trinajstić information content (AvgIpc) is 2.26. The first-order valence-corrected chi connectivity index (χ1v) is 5.70. The van der Waals surface area contributed by atoms with Gasteiger partial charge in [-0.05, 0) is 38.5 Å². The summed E-state index contributed by atoms with van der Waals surface area (Å²) in [4.78, 5) is 25.6. The molecule has 1 atom stereocenters. The van der Waals surface area contributed by atoms with E-state index in [-0.39, 0.29) is 23.8 Å². The van der Waals surface area contributed by atoms with E-state index in [2.05, 4.69) is 0 Å². The number of benzene rings is 1. The molecule has 0 radical (unpaired) electrons. The van der Waals surface area contributed by atoms with Crippen molar-refractivity contribution in [3.63, 3.8) is 0 Å². The molecule has 90 valence electrons. The fraction of sp³-hybridized carbons (Fsp3) is 0.385. The monoisotopic (exact) mass is 232 g/mol. The lowest BCUT2D eigenvalue weighted by atomic mass is 9.89. The Kier molecular flexibility index (Phi) is 2.65. The molecule has 0 fully saturated rings. The molecule has 1 heterocycles. The second-order valence-electron chi connectivity index (χ2n) is 4.68. The quantitative estimate of drug-likeness (QED) is 0.592. The highest BCUT2D eigenvalue weighted by Gasteiger charge is 2.37. The van der Waals surface area contributed by atoms with Crippen molar-refractivity contribution in [1.29, 1.82) is 0 Å². The molecule has 0 aromatic heterocycles. The summed E-state index contributed by atoms with van der Waals surface area (Å²) >= 11 is 0. The molecule has 4 heteroatoms. The van der Waals surface area contributed by atoms with Gasteiger partial charge in [-0.2, -0.15) is 0 Å². The minimum absolute atomic E-state index is 0.132. The molecule has 2 amide bonds. The summed E-state index contributed by atoms with van der Waals surface area (Å²) in [5.41, 5.74) is 7.55. The van der Waals surface area contributed by atoms with E-state index in [0.29, 0.717) is 11.3 Å². The van der Waals surface area contributed by atoms with Crippen LogP contribution in [0.2, 0.25) is 0 Å². The van der Waals surface area contributed by atoms with E-state index in [9.17, 15) is 9.59 Å². The lowest BCUT2D eigenvalue weighted by Crippen LogP contribution is -2.47. The van der Waals surface area contributed by atoms with Crippen LogP contribution < -0.4 is 5.73 Å². The Morgan fingerprint density at radius 3 is 2.53 bits per heavy atom. The Morgan fingerprint density at radius 2 is 1.94 bits per heavy atom. The zero-order chi connectivity index (χ0) is 12.7. The van der Waals surface area contributed by atoms with Crippen LogP contribution in [0.1, 0.15) is 42.6 Å². The Hall–Kier alpha value is -1.84. The molecule has 1 aromatic rings. The minimum atomic E-state index is -0.286. The zero-order valence-electron chi connectivity index (χ0n) is 10.2. The Morgan fingerprint density at radius 1 is 1.29 bits per heavy atom. The van der Waals surface area contributed by atoms with Gasteiger partial charge in [0, 0.05) is 17.3 Å². The third-order valence-corrected chi connectivity index (χ3v) is 3.12. The van der Waals surface area contributed by atoms with Crippen LogP contribution in [-0.4, -0.2) is 22.8 Å². The molecule has 0 bridgehead atoms. The summed E-state index contributed by atoms with van der Waals surface area (Å²) in [6.07, 6.45) is 0. The van der Waals surface area contributed by atoms with Gasteiger partial charge in [0.25, 0.3) is 5.91 Å². The van der Waals surface area contributed by atoms with Crippen LogP contribution in [-0.2, 0) is 4.79 Å². The first-order chi connectivity index (χ1) is 7.93. The van der Waals surface area contributed by atoms with Gasteiger partial charge in [0.05, 0.1) is 5.92 Å². The molecule has 0 spiro atoms. The predicted octanol–water partition coefficient (Wildman–Crippen LogP) is 1.76. The van der Waals surface area contributed by atoms with Gasteiger partial charge in [0.1, 0.15) is 0 Å². The summed E-state index contributed by atoms with van der Waals surface area (Å²) in [5, 5.41) is 0. The van der Waals surface area contributed by atoms with Crippen molar-refractivity contribution < 1.29 is 9.59 Å². The molecule has 1 aromatic carbocycles. The molecule has 1 unspecified atom stereocenters. The smallest absolute Gasteiger partial charge is 0.261 e. The maximum Gasteiger partial charge on any atom is 0.261 e. The normalized spacial score (nSPS) is 19.8. The lowest BCUT2D eigenvalue weighted by Gasteiger charge is -2.33. The van der Waals surface area contributed by atoms with Crippen LogP contribution in [0.5, 0.6) is 0 Å². The van der Waals surface area contributed by atoms with Crippen molar-refractivity contribution in [2.75, 3.05) is 5.73 Å². The summed E-state index contributed by atoms with van der Waals surface area (Å²) in [5.74, 6) is -0.668. The number of hydrogen-bond donors (Lipinski definition) is 1. The largest absolute Gasteiger partial charge is 0.399 e. The number of anilines is 1. The van der Waals surface area contributed by atoms with Gasteiger partial charge >= 0.3 is 0 Å². The van der Waals surface area contributed by atoms with Crippen LogP contribution >= 0.6 is 0 Å². The van der Waals surface area contributed by atoms with Crippen LogP contribution in [0.15, 0.2) is 18.2 Å². The number of carbonyl (C=O) groups excluding carboxylic acids is 2. The van der Waals surface area contributed by atoms with E-state index < -0.39 is 0 Å². The molecule has 1 aliphatic rings. The molecule has 0 aliphatic carbocycles. The summed E-state index contributed by atoms with van der Waals surface area (Å²) in [6.45, 7) is 5.48. The van der Waals surface area contributed by atoms with Crippen molar-refractivity contribution in [3.05, 3.63) is 29.3 Å². The molecule has 2 N–H and O–H groups in total. The minimum Gasteiger partial charge on any atom is -0.399 e. The second kappa shape index (κ2) is 3.87. The average molecular weight is 232 g/mol. The summed E-state index contributed by atoms with van der Waals surface area (Å²) < 4.78 is 0. The highest BCUT2D eigenvalue weighted by molar-refractivity contribution is 6.11. The molecule has 1 aliphatic heterocycles. The van der Waals surface area contributed by atoms with E-state index in [4.69, 9.17) is 5.73 Å². The van der Waals surface area contributed by atoms with Crippen LogP contribution in [0.4, 0.5) is 5.69 Å². The fourth-order valence-electron chi connectivity index (χ4n) is 2.20. The van der Waals surface area contributed by atoms with E-state index in [1.54, 1.807) is 18.2 Å². The maximum absolute atomic E-state index is 12.2. The summed E-state index contributed by atoms with van der Waals surface area (Å²) in [7, 11) is 0. The number of nitrogens with zero attached hydrogens (tertiary/aromatic N) is 1. The molecule has 0 saturated heterocycles. The van der Waals surface area contributed by atoms with Gasteiger partial charge in [-0.25, -0.2) is 0 Å². The van der Waals surface area contributed by atoms with Crippen LogP contribution in [0.25, 0.3) is 0 Å². The van der Waals surface area contributed by atoms with E-state index in [1.807, 2.05) is 20.8 Å². The zero-order valence-corrected chi connectivity index (χ0v) is 10.2. The van der Waals surface area contributed by atoms with E-state index >= 15 is 0 Å². The van der Waals surface area contributed by atoms with Gasteiger partial charge in [-0.3, -0.25) is 14.5 Å². The molecule has 0 saturated carbocycles. The van der Waals surface area contributed by atoms with Gasteiger partial charge in [-0.15, -0.1) is 0 Å². The van der Waals surface area contributed by atoms with Crippen LogP contribution in [0, 0.1) is 0 Å². The Balaban J connectivity index is 2.59. The predicted molar refractivity (Wildman–Crippen MR) is 65.6 cm³/mol. The first-order valence-electron chi connectivity index (χ1n) is 5.70. The van der Waals surface area contributed by atoms with Crippen molar-refractivity contribution in [2.45, 2.75) is 32.7 Å².